The first kappa shape index (κ1) is 16.5. The van der Waals surface area contributed by atoms with Gasteiger partial charge in [-0.05, 0) is 57.2 Å². The van der Waals surface area contributed by atoms with Gasteiger partial charge < -0.3 is 9.47 Å². The van der Waals surface area contributed by atoms with E-state index in [2.05, 4.69) is 25.1 Å². The van der Waals surface area contributed by atoms with Crippen LogP contribution in [0.15, 0.2) is 18.2 Å². The number of carbonyl (C=O) groups is 1. The predicted octanol–water partition coefficient (Wildman–Crippen LogP) is 4.05. The highest BCUT2D eigenvalue weighted by molar-refractivity contribution is 5.72. The van der Waals surface area contributed by atoms with Gasteiger partial charge in [0.2, 0.25) is 0 Å². The zero-order chi connectivity index (χ0) is 15.0. The third-order valence-corrected chi connectivity index (χ3v) is 3.41. The van der Waals surface area contributed by atoms with Crippen LogP contribution in [0.1, 0.15) is 44.2 Å². The number of rotatable bonds is 8. The molecule has 0 fully saturated rings. The van der Waals surface area contributed by atoms with Crippen molar-refractivity contribution in [3.8, 4) is 5.75 Å². The number of ether oxygens (including phenoxy) is 2. The summed E-state index contributed by atoms with van der Waals surface area (Å²) in [6.45, 7) is 9.05. The predicted molar refractivity (Wildman–Crippen MR) is 81.1 cm³/mol. The highest BCUT2D eigenvalue weighted by Gasteiger charge is 2.16. The topological polar surface area (TPSA) is 35.5 Å². The first-order chi connectivity index (χ1) is 9.58. The molecule has 0 bridgehead atoms. The Bertz CT molecular complexity index is 426. The van der Waals surface area contributed by atoms with Gasteiger partial charge in [-0.3, -0.25) is 4.79 Å². The van der Waals surface area contributed by atoms with Crippen molar-refractivity contribution < 1.29 is 14.3 Å². The van der Waals surface area contributed by atoms with E-state index in [9.17, 15) is 4.79 Å². The van der Waals surface area contributed by atoms with Crippen LogP contribution in [0.4, 0.5) is 0 Å². The summed E-state index contributed by atoms with van der Waals surface area (Å²) in [5.41, 5.74) is 2.34. The third kappa shape index (κ3) is 5.24. The molecule has 0 saturated carbocycles. The minimum Gasteiger partial charge on any atom is -0.493 e. The monoisotopic (exact) mass is 278 g/mol. The van der Waals surface area contributed by atoms with Gasteiger partial charge in [-0.15, -0.1) is 0 Å². The molecule has 1 aromatic carbocycles. The first-order valence-electron chi connectivity index (χ1n) is 7.45. The Labute approximate surface area is 122 Å². The van der Waals surface area contributed by atoms with E-state index in [-0.39, 0.29) is 11.9 Å². The Morgan fingerprint density at radius 1 is 1.25 bits per heavy atom. The molecule has 3 heteroatoms. The first-order valence-corrected chi connectivity index (χ1v) is 7.45. The maximum atomic E-state index is 11.7. The number of aryl methyl sites for hydroxylation is 2. The van der Waals surface area contributed by atoms with Crippen molar-refractivity contribution >= 4 is 5.97 Å². The van der Waals surface area contributed by atoms with Crippen molar-refractivity contribution in [1.29, 1.82) is 0 Å². The largest absolute Gasteiger partial charge is 0.493 e. The Balaban J connectivity index is 2.37. The van der Waals surface area contributed by atoms with E-state index in [1.165, 1.54) is 5.56 Å². The molecule has 0 aromatic heterocycles. The fourth-order valence-electron chi connectivity index (χ4n) is 2.12. The summed E-state index contributed by atoms with van der Waals surface area (Å²) in [5, 5.41) is 0. The Hall–Kier alpha value is -1.51. The van der Waals surface area contributed by atoms with E-state index in [0.29, 0.717) is 13.2 Å². The normalized spacial score (nSPS) is 12.0. The zero-order valence-corrected chi connectivity index (χ0v) is 13.1. The standard InChI is InChI=1S/C17H26O3/c1-5-15(17(18)19-6-2)8-7-11-20-16-12-13(3)9-10-14(16)4/h9-10,12,15H,5-8,11H2,1-4H3/t15-/m1/s1. The lowest BCUT2D eigenvalue weighted by Gasteiger charge is -2.14. The average Bonchev–Trinajstić information content (AvgIpc) is 2.42. The summed E-state index contributed by atoms with van der Waals surface area (Å²) in [7, 11) is 0. The molecule has 3 nitrogen and oxygen atoms in total. The Morgan fingerprint density at radius 2 is 2.00 bits per heavy atom. The second-order valence-electron chi connectivity index (χ2n) is 5.12. The smallest absolute Gasteiger partial charge is 0.308 e. The lowest BCUT2D eigenvalue weighted by Crippen LogP contribution is -2.18. The minimum absolute atomic E-state index is 0.00263. The van der Waals surface area contributed by atoms with Crippen LogP contribution < -0.4 is 4.74 Å². The molecule has 0 saturated heterocycles. The number of hydrogen-bond donors (Lipinski definition) is 0. The van der Waals surface area contributed by atoms with Crippen LogP contribution in [0, 0.1) is 19.8 Å². The average molecular weight is 278 g/mol. The molecular weight excluding hydrogens is 252 g/mol. The quantitative estimate of drug-likeness (QED) is 0.531. The Morgan fingerprint density at radius 3 is 2.65 bits per heavy atom. The number of carbonyl (C=O) groups excluding carboxylic acids is 1. The van der Waals surface area contributed by atoms with E-state index in [4.69, 9.17) is 9.47 Å². The second-order valence-corrected chi connectivity index (χ2v) is 5.12. The highest BCUT2D eigenvalue weighted by atomic mass is 16.5. The molecule has 0 spiro atoms. The van der Waals surface area contributed by atoms with Crippen LogP contribution in [0.2, 0.25) is 0 Å². The van der Waals surface area contributed by atoms with Crippen molar-refractivity contribution in [2.45, 2.75) is 47.0 Å². The van der Waals surface area contributed by atoms with Gasteiger partial charge in [-0.25, -0.2) is 0 Å². The minimum atomic E-state index is -0.0817. The maximum absolute atomic E-state index is 11.7. The number of esters is 1. The fraction of sp³-hybridized carbons (Fsp3) is 0.588. The van der Waals surface area contributed by atoms with Crippen molar-refractivity contribution in [1.82, 2.24) is 0 Å². The van der Waals surface area contributed by atoms with Crippen LogP contribution in [-0.2, 0) is 9.53 Å². The molecule has 0 aliphatic carbocycles. The van der Waals surface area contributed by atoms with Gasteiger partial charge in [0.05, 0.1) is 19.1 Å². The van der Waals surface area contributed by atoms with Gasteiger partial charge in [0.1, 0.15) is 5.75 Å². The van der Waals surface area contributed by atoms with E-state index in [0.717, 1.165) is 30.6 Å². The van der Waals surface area contributed by atoms with Gasteiger partial charge in [-0.2, -0.15) is 0 Å². The molecule has 0 aliphatic heterocycles. The highest BCUT2D eigenvalue weighted by Crippen LogP contribution is 2.20. The van der Waals surface area contributed by atoms with Gasteiger partial charge in [0.15, 0.2) is 0 Å². The molecule has 1 atom stereocenters. The van der Waals surface area contributed by atoms with Crippen molar-refractivity contribution in [2.75, 3.05) is 13.2 Å². The molecule has 0 amide bonds. The van der Waals surface area contributed by atoms with Gasteiger partial charge in [-0.1, -0.05) is 19.1 Å². The van der Waals surface area contributed by atoms with E-state index in [1.807, 2.05) is 20.8 Å². The fourth-order valence-corrected chi connectivity index (χ4v) is 2.12. The molecule has 20 heavy (non-hydrogen) atoms. The van der Waals surface area contributed by atoms with Crippen LogP contribution in [0.5, 0.6) is 5.75 Å². The summed E-state index contributed by atoms with van der Waals surface area (Å²) >= 11 is 0. The maximum Gasteiger partial charge on any atom is 0.308 e. The van der Waals surface area contributed by atoms with Crippen LogP contribution >= 0.6 is 0 Å². The summed E-state index contributed by atoms with van der Waals surface area (Å²) in [5.74, 6) is 0.855. The molecule has 1 rings (SSSR count). The number of benzene rings is 1. The molecule has 0 aliphatic rings. The summed E-state index contributed by atoms with van der Waals surface area (Å²) < 4.78 is 10.9. The summed E-state index contributed by atoms with van der Waals surface area (Å²) in [4.78, 5) is 11.7. The molecule has 0 heterocycles. The van der Waals surface area contributed by atoms with E-state index in [1.54, 1.807) is 0 Å². The van der Waals surface area contributed by atoms with Gasteiger partial charge in [0, 0.05) is 0 Å². The van der Waals surface area contributed by atoms with Crippen molar-refractivity contribution in [2.24, 2.45) is 5.92 Å². The second kappa shape index (κ2) is 8.62. The van der Waals surface area contributed by atoms with E-state index < -0.39 is 0 Å². The van der Waals surface area contributed by atoms with Gasteiger partial charge >= 0.3 is 5.97 Å². The number of hydrogen-bond acceptors (Lipinski definition) is 3. The zero-order valence-electron chi connectivity index (χ0n) is 13.1. The lowest BCUT2D eigenvalue weighted by atomic mass is 10.0. The third-order valence-electron chi connectivity index (χ3n) is 3.41. The Kier molecular flexibility index (Phi) is 7.13. The van der Waals surface area contributed by atoms with Gasteiger partial charge in [0.25, 0.3) is 0 Å². The molecule has 0 N–H and O–H groups in total. The molecule has 112 valence electrons. The molecule has 0 radical (unpaired) electrons. The van der Waals surface area contributed by atoms with Crippen LogP contribution in [0.3, 0.4) is 0 Å². The van der Waals surface area contributed by atoms with Crippen LogP contribution in [-0.4, -0.2) is 19.2 Å². The summed E-state index contributed by atoms with van der Waals surface area (Å²) in [6.07, 6.45) is 2.51. The van der Waals surface area contributed by atoms with Crippen LogP contribution in [0.25, 0.3) is 0 Å². The molecule has 1 aromatic rings. The SMILES string of the molecule is CCOC(=O)[C@H](CC)CCCOc1cc(C)ccc1C. The molecule has 0 unspecified atom stereocenters. The van der Waals surface area contributed by atoms with E-state index >= 15 is 0 Å². The van der Waals surface area contributed by atoms with Crippen molar-refractivity contribution in [3.63, 3.8) is 0 Å². The lowest BCUT2D eigenvalue weighted by molar-refractivity contribution is -0.148. The van der Waals surface area contributed by atoms with Crippen molar-refractivity contribution in [3.05, 3.63) is 29.3 Å². The molecular formula is C17H26O3. The summed E-state index contributed by atoms with van der Waals surface area (Å²) in [6, 6.07) is 6.20.